The Kier molecular flexibility index (Phi) is 3.02. The molecule has 80 valence electrons. The van der Waals surface area contributed by atoms with Gasteiger partial charge in [-0.05, 0) is 12.5 Å². The lowest BCUT2D eigenvalue weighted by Gasteiger charge is -2.12. The predicted octanol–water partition coefficient (Wildman–Crippen LogP) is 2.25. The number of hydrogen-bond donors (Lipinski definition) is 1. The van der Waals surface area contributed by atoms with Gasteiger partial charge in [0.25, 0.3) is 5.91 Å². The maximum Gasteiger partial charge on any atom is 0.253 e. The molecule has 0 aliphatic carbocycles. The van der Waals surface area contributed by atoms with Crippen molar-refractivity contribution in [2.24, 2.45) is 0 Å². The fourth-order valence-corrected chi connectivity index (χ4v) is 1.68. The lowest BCUT2D eigenvalue weighted by Crippen LogP contribution is -2.21. The minimum Gasteiger partial charge on any atom is -0.354 e. The lowest BCUT2D eigenvalue weighted by atomic mass is 10.1. The Morgan fingerprint density at radius 2 is 2.20 bits per heavy atom. The van der Waals surface area contributed by atoms with Crippen LogP contribution < -0.4 is 5.32 Å². The van der Waals surface area contributed by atoms with E-state index in [1.807, 2.05) is 24.3 Å². The van der Waals surface area contributed by atoms with Gasteiger partial charge in [-0.2, -0.15) is 0 Å². The van der Waals surface area contributed by atoms with E-state index in [1.165, 1.54) is 0 Å². The summed E-state index contributed by atoms with van der Waals surface area (Å²) in [4.78, 5) is 11.5. The van der Waals surface area contributed by atoms with E-state index in [-0.39, 0.29) is 12.1 Å². The zero-order valence-corrected chi connectivity index (χ0v) is 8.82. The van der Waals surface area contributed by atoms with E-state index in [1.54, 1.807) is 0 Å². The highest BCUT2D eigenvalue weighted by Crippen LogP contribution is 2.25. The first-order valence-electron chi connectivity index (χ1n) is 5.34. The molecule has 1 aromatic rings. The first-order valence-corrected chi connectivity index (χ1v) is 5.34. The normalized spacial score (nSPS) is 18.7. The van der Waals surface area contributed by atoms with Crippen molar-refractivity contribution < 1.29 is 9.53 Å². The fraction of sp³-hybridized carbons (Fsp3) is 0.417. The van der Waals surface area contributed by atoms with Gasteiger partial charge in [0.1, 0.15) is 0 Å². The second-order valence-electron chi connectivity index (χ2n) is 3.67. The van der Waals surface area contributed by atoms with Crippen LogP contribution in [0.5, 0.6) is 0 Å². The molecule has 1 aliphatic rings. The summed E-state index contributed by atoms with van der Waals surface area (Å²) in [7, 11) is 0. The van der Waals surface area contributed by atoms with Gasteiger partial charge in [0.05, 0.1) is 0 Å². The van der Waals surface area contributed by atoms with E-state index in [9.17, 15) is 4.79 Å². The number of amides is 1. The smallest absolute Gasteiger partial charge is 0.253 e. The number of benzene rings is 1. The molecule has 3 nitrogen and oxygen atoms in total. The monoisotopic (exact) mass is 205 g/mol. The summed E-state index contributed by atoms with van der Waals surface area (Å²) in [6.07, 6.45) is 1.87. The standard InChI is InChI=1S/C12H15NO2/c1-2-3-8-15-12-10-7-5-4-6-9(10)11(14)13-12/h4-7,12H,2-3,8H2,1H3,(H,13,14). The molecule has 1 unspecified atom stereocenters. The molecule has 1 aliphatic heterocycles. The maximum atomic E-state index is 11.5. The quantitative estimate of drug-likeness (QED) is 0.765. The van der Waals surface area contributed by atoms with Crippen LogP contribution in [-0.4, -0.2) is 12.5 Å². The number of rotatable bonds is 4. The van der Waals surface area contributed by atoms with Crippen LogP contribution in [-0.2, 0) is 4.74 Å². The Morgan fingerprint density at radius 1 is 1.40 bits per heavy atom. The number of ether oxygens (including phenoxy) is 1. The first-order chi connectivity index (χ1) is 7.33. The largest absolute Gasteiger partial charge is 0.354 e. The molecule has 0 saturated carbocycles. The van der Waals surface area contributed by atoms with Gasteiger partial charge in [-0.15, -0.1) is 0 Å². The molecule has 0 bridgehead atoms. The van der Waals surface area contributed by atoms with Crippen LogP contribution in [0.3, 0.4) is 0 Å². The van der Waals surface area contributed by atoms with Gasteiger partial charge >= 0.3 is 0 Å². The van der Waals surface area contributed by atoms with Crippen molar-refractivity contribution in [1.82, 2.24) is 5.32 Å². The molecule has 1 N–H and O–H groups in total. The number of fused-ring (bicyclic) bond motifs is 1. The summed E-state index contributed by atoms with van der Waals surface area (Å²) in [5.41, 5.74) is 1.69. The summed E-state index contributed by atoms with van der Waals surface area (Å²) in [5, 5.41) is 2.82. The van der Waals surface area contributed by atoms with Crippen molar-refractivity contribution >= 4 is 5.91 Å². The van der Waals surface area contributed by atoms with Gasteiger partial charge in [0.15, 0.2) is 6.23 Å². The summed E-state index contributed by atoms with van der Waals surface area (Å²) < 4.78 is 5.61. The van der Waals surface area contributed by atoms with E-state index in [2.05, 4.69) is 12.2 Å². The average molecular weight is 205 g/mol. The number of unbranched alkanes of at least 4 members (excludes halogenated alkanes) is 1. The van der Waals surface area contributed by atoms with Crippen LogP contribution in [0.2, 0.25) is 0 Å². The number of carbonyl (C=O) groups is 1. The highest BCUT2D eigenvalue weighted by molar-refractivity contribution is 5.98. The molecule has 3 heteroatoms. The molecule has 0 spiro atoms. The van der Waals surface area contributed by atoms with Crippen molar-refractivity contribution in [1.29, 1.82) is 0 Å². The van der Waals surface area contributed by atoms with Gasteiger partial charge in [-0.1, -0.05) is 31.5 Å². The number of carbonyl (C=O) groups excluding carboxylic acids is 1. The molecular formula is C12H15NO2. The minimum atomic E-state index is -0.250. The van der Waals surface area contributed by atoms with E-state index in [4.69, 9.17) is 4.74 Å². The Labute approximate surface area is 89.4 Å². The molecule has 1 aromatic carbocycles. The average Bonchev–Trinajstić information content (AvgIpc) is 2.58. The predicted molar refractivity (Wildman–Crippen MR) is 57.5 cm³/mol. The second-order valence-corrected chi connectivity index (χ2v) is 3.67. The zero-order valence-electron chi connectivity index (χ0n) is 8.82. The number of nitrogens with one attached hydrogen (secondary N) is 1. The minimum absolute atomic E-state index is 0.0351. The Bertz CT molecular complexity index is 362. The van der Waals surface area contributed by atoms with Crippen molar-refractivity contribution in [2.45, 2.75) is 26.0 Å². The molecule has 0 fully saturated rings. The van der Waals surface area contributed by atoms with Crippen LogP contribution in [0.4, 0.5) is 0 Å². The van der Waals surface area contributed by atoms with Crippen molar-refractivity contribution in [3.8, 4) is 0 Å². The first kappa shape index (κ1) is 10.2. The van der Waals surface area contributed by atoms with Crippen LogP contribution in [0.25, 0.3) is 0 Å². The molecule has 0 saturated heterocycles. The summed E-state index contributed by atoms with van der Waals surface area (Å²) in [6, 6.07) is 7.56. The Balaban J connectivity index is 2.08. The third-order valence-corrected chi connectivity index (χ3v) is 2.53. The zero-order chi connectivity index (χ0) is 10.7. The van der Waals surface area contributed by atoms with Crippen LogP contribution >= 0.6 is 0 Å². The summed E-state index contributed by atoms with van der Waals surface area (Å²) in [5.74, 6) is -0.0351. The summed E-state index contributed by atoms with van der Waals surface area (Å²) in [6.45, 7) is 2.81. The van der Waals surface area contributed by atoms with Crippen molar-refractivity contribution in [3.05, 3.63) is 35.4 Å². The van der Waals surface area contributed by atoms with E-state index in [0.29, 0.717) is 6.61 Å². The van der Waals surface area contributed by atoms with Gasteiger partial charge in [0, 0.05) is 17.7 Å². The molecule has 1 atom stereocenters. The lowest BCUT2D eigenvalue weighted by molar-refractivity contribution is 0.0328. The molecule has 0 aromatic heterocycles. The summed E-state index contributed by atoms with van der Waals surface area (Å²) >= 11 is 0. The third kappa shape index (κ3) is 2.02. The van der Waals surface area contributed by atoms with Crippen LogP contribution in [0.15, 0.2) is 24.3 Å². The van der Waals surface area contributed by atoms with Gasteiger partial charge in [-0.25, -0.2) is 0 Å². The van der Waals surface area contributed by atoms with E-state index >= 15 is 0 Å². The third-order valence-electron chi connectivity index (χ3n) is 2.53. The van der Waals surface area contributed by atoms with E-state index < -0.39 is 0 Å². The highest BCUT2D eigenvalue weighted by Gasteiger charge is 2.27. The SMILES string of the molecule is CCCCOC1NC(=O)c2ccccc21. The van der Waals surface area contributed by atoms with Gasteiger partial charge in [-0.3, -0.25) is 4.79 Å². The second kappa shape index (κ2) is 4.45. The van der Waals surface area contributed by atoms with Gasteiger partial charge in [0.2, 0.25) is 0 Å². The molecule has 1 amide bonds. The van der Waals surface area contributed by atoms with Crippen molar-refractivity contribution in [2.75, 3.05) is 6.61 Å². The molecule has 1 heterocycles. The molecule has 0 radical (unpaired) electrons. The fourth-order valence-electron chi connectivity index (χ4n) is 1.68. The van der Waals surface area contributed by atoms with Crippen molar-refractivity contribution in [3.63, 3.8) is 0 Å². The van der Waals surface area contributed by atoms with Crippen LogP contribution in [0, 0.1) is 0 Å². The molecular weight excluding hydrogens is 190 g/mol. The van der Waals surface area contributed by atoms with E-state index in [0.717, 1.165) is 24.0 Å². The number of hydrogen-bond acceptors (Lipinski definition) is 2. The highest BCUT2D eigenvalue weighted by atomic mass is 16.5. The topological polar surface area (TPSA) is 38.3 Å². The Morgan fingerprint density at radius 3 is 3.00 bits per heavy atom. The Hall–Kier alpha value is -1.35. The van der Waals surface area contributed by atoms with Crippen LogP contribution in [0.1, 0.15) is 41.9 Å². The maximum absolute atomic E-state index is 11.5. The molecule has 15 heavy (non-hydrogen) atoms. The van der Waals surface area contributed by atoms with Gasteiger partial charge < -0.3 is 10.1 Å². The molecule has 2 rings (SSSR count).